The van der Waals surface area contributed by atoms with E-state index in [1.807, 2.05) is 0 Å². The predicted molar refractivity (Wildman–Crippen MR) is 77.0 cm³/mol. The van der Waals surface area contributed by atoms with Crippen LogP contribution in [0, 0.1) is 0 Å². The van der Waals surface area contributed by atoms with E-state index in [1.54, 1.807) is 0 Å². The van der Waals surface area contributed by atoms with Gasteiger partial charge in [-0.25, -0.2) is 10.0 Å². The third-order valence-electron chi connectivity index (χ3n) is 2.97. The highest BCUT2D eigenvalue weighted by molar-refractivity contribution is 8.36. The first-order chi connectivity index (χ1) is 7.71. The smallest absolute Gasteiger partial charge is 0.0289 e. The maximum absolute atomic E-state index is 2.38. The van der Waals surface area contributed by atoms with Crippen LogP contribution in [0.1, 0.15) is 0 Å². The second-order valence-corrected chi connectivity index (χ2v) is 8.17. The summed E-state index contributed by atoms with van der Waals surface area (Å²) in [6, 6.07) is 0. The molecule has 2 aliphatic carbocycles. The Labute approximate surface area is 99.8 Å². The van der Waals surface area contributed by atoms with Gasteiger partial charge in [-0.1, -0.05) is 66.8 Å². The molecule has 0 amide bonds. The Hall–Kier alpha value is -1.21. The number of allylic oxidation sites excluding steroid dienone is 9. The van der Waals surface area contributed by atoms with E-state index in [4.69, 9.17) is 0 Å². The van der Waals surface area contributed by atoms with Gasteiger partial charge in [0.2, 0.25) is 0 Å². The second-order valence-electron chi connectivity index (χ2n) is 4.34. The molecule has 0 saturated carbocycles. The molecule has 0 heterocycles. The fraction of sp³-hybridized carbons (Fsp3) is 0.200. The summed E-state index contributed by atoms with van der Waals surface area (Å²) in [4.78, 5) is 1.45. The zero-order chi connectivity index (χ0) is 11.4. The fourth-order valence-corrected chi connectivity index (χ4v) is 4.00. The molecule has 2 aliphatic rings. The van der Waals surface area contributed by atoms with Crippen LogP contribution in [0.4, 0.5) is 0 Å². The van der Waals surface area contributed by atoms with Gasteiger partial charge in [-0.2, -0.15) is 0 Å². The molecule has 0 bridgehead atoms. The molecule has 2 rings (SSSR count). The summed E-state index contributed by atoms with van der Waals surface area (Å²) in [5.74, 6) is 0. The molecule has 16 heavy (non-hydrogen) atoms. The molecule has 0 aromatic rings. The van der Waals surface area contributed by atoms with Gasteiger partial charge in [-0.3, -0.25) is 0 Å². The lowest BCUT2D eigenvalue weighted by Crippen LogP contribution is -2.11. The second kappa shape index (κ2) is 4.75. The first-order valence-corrected chi connectivity index (χ1v) is 8.01. The lowest BCUT2D eigenvalue weighted by molar-refractivity contribution is 1.43. The van der Waals surface area contributed by atoms with Crippen molar-refractivity contribution in [3.8, 4) is 0 Å². The molecular formula is C15H18S. The van der Waals surface area contributed by atoms with Crippen molar-refractivity contribution < 1.29 is 0 Å². The molecule has 0 unspecified atom stereocenters. The Morgan fingerprint density at radius 2 is 1.44 bits per heavy atom. The maximum Gasteiger partial charge on any atom is 0.0289 e. The number of hydrogen-bond acceptors (Lipinski definition) is 0. The SMILES string of the molecule is CS(C)(C1=C/C=C\C=C/C=C\1)C1C=CC=C1. The monoisotopic (exact) mass is 230 g/mol. The number of hydrogen-bond donors (Lipinski definition) is 0. The van der Waals surface area contributed by atoms with Crippen LogP contribution in [0.25, 0.3) is 0 Å². The van der Waals surface area contributed by atoms with Gasteiger partial charge < -0.3 is 0 Å². The van der Waals surface area contributed by atoms with Crippen molar-refractivity contribution in [2.75, 3.05) is 12.5 Å². The van der Waals surface area contributed by atoms with E-state index in [-0.39, 0.29) is 0 Å². The lowest BCUT2D eigenvalue weighted by Gasteiger charge is -2.37. The third kappa shape index (κ3) is 2.30. The van der Waals surface area contributed by atoms with Gasteiger partial charge in [0.1, 0.15) is 0 Å². The Balaban J connectivity index is 2.28. The first kappa shape index (κ1) is 11.3. The highest BCUT2D eigenvalue weighted by atomic mass is 32.3. The zero-order valence-corrected chi connectivity index (χ0v) is 10.7. The quantitative estimate of drug-likeness (QED) is 0.669. The van der Waals surface area contributed by atoms with Gasteiger partial charge in [0.25, 0.3) is 0 Å². The molecule has 84 valence electrons. The van der Waals surface area contributed by atoms with Crippen molar-refractivity contribution in [2.24, 2.45) is 0 Å². The predicted octanol–water partition coefficient (Wildman–Crippen LogP) is 4.11. The van der Waals surface area contributed by atoms with Gasteiger partial charge in [0.15, 0.2) is 0 Å². The van der Waals surface area contributed by atoms with Crippen LogP contribution in [0.5, 0.6) is 0 Å². The average Bonchev–Trinajstić information content (AvgIpc) is 2.68. The van der Waals surface area contributed by atoms with E-state index in [2.05, 4.69) is 79.3 Å². The molecule has 0 fully saturated rings. The highest BCUT2D eigenvalue weighted by Crippen LogP contribution is 2.55. The fourth-order valence-electron chi connectivity index (χ4n) is 1.86. The van der Waals surface area contributed by atoms with E-state index in [9.17, 15) is 0 Å². The summed E-state index contributed by atoms with van der Waals surface area (Å²) >= 11 is 0. The van der Waals surface area contributed by atoms with Crippen molar-refractivity contribution in [1.82, 2.24) is 0 Å². The minimum atomic E-state index is -0.786. The van der Waals surface area contributed by atoms with E-state index < -0.39 is 10.0 Å². The van der Waals surface area contributed by atoms with Crippen molar-refractivity contribution in [2.45, 2.75) is 5.25 Å². The van der Waals surface area contributed by atoms with Gasteiger partial charge in [0, 0.05) is 5.25 Å². The minimum Gasteiger partial charge on any atom is -0.210 e. The molecule has 0 radical (unpaired) electrons. The summed E-state index contributed by atoms with van der Waals surface area (Å²) in [7, 11) is -0.786. The third-order valence-corrected chi connectivity index (χ3v) is 6.13. The zero-order valence-electron chi connectivity index (χ0n) is 9.84. The summed E-state index contributed by atoms with van der Waals surface area (Å²) in [5.41, 5.74) is 0. The Bertz CT molecular complexity index is 416. The summed E-state index contributed by atoms with van der Waals surface area (Å²) < 4.78 is 0. The largest absolute Gasteiger partial charge is 0.210 e. The first-order valence-electron chi connectivity index (χ1n) is 5.50. The Kier molecular flexibility index (Phi) is 3.35. The van der Waals surface area contributed by atoms with E-state index in [0.29, 0.717) is 5.25 Å². The molecular weight excluding hydrogens is 212 g/mol. The molecule has 0 aliphatic heterocycles. The summed E-state index contributed by atoms with van der Waals surface area (Å²) in [6.07, 6.45) is 28.7. The summed E-state index contributed by atoms with van der Waals surface area (Å²) in [6.45, 7) is 0. The normalized spacial score (nSPS) is 30.2. The maximum atomic E-state index is 2.38. The molecule has 0 aromatic heterocycles. The molecule has 0 atom stereocenters. The van der Waals surface area contributed by atoms with Gasteiger partial charge >= 0.3 is 0 Å². The molecule has 0 spiro atoms. The molecule has 0 N–H and O–H groups in total. The van der Waals surface area contributed by atoms with Crippen LogP contribution in [0.15, 0.2) is 71.7 Å². The van der Waals surface area contributed by atoms with E-state index >= 15 is 0 Å². The lowest BCUT2D eigenvalue weighted by atomic mass is 10.3. The van der Waals surface area contributed by atoms with Crippen molar-refractivity contribution in [3.63, 3.8) is 0 Å². The average molecular weight is 230 g/mol. The number of rotatable bonds is 2. The van der Waals surface area contributed by atoms with Crippen LogP contribution in [-0.2, 0) is 0 Å². The van der Waals surface area contributed by atoms with Crippen molar-refractivity contribution in [1.29, 1.82) is 0 Å². The van der Waals surface area contributed by atoms with Crippen LogP contribution in [0.3, 0.4) is 0 Å². The van der Waals surface area contributed by atoms with E-state index in [1.165, 1.54) is 4.91 Å². The Morgan fingerprint density at radius 3 is 2.19 bits per heavy atom. The van der Waals surface area contributed by atoms with Crippen LogP contribution in [0.2, 0.25) is 0 Å². The van der Waals surface area contributed by atoms with Crippen molar-refractivity contribution >= 4 is 10.0 Å². The molecule has 0 nitrogen and oxygen atoms in total. The summed E-state index contributed by atoms with van der Waals surface area (Å²) in [5, 5.41) is 0.584. The van der Waals surface area contributed by atoms with Gasteiger partial charge in [-0.05, 0) is 17.4 Å². The Morgan fingerprint density at radius 1 is 0.812 bits per heavy atom. The highest BCUT2D eigenvalue weighted by Gasteiger charge is 2.24. The minimum absolute atomic E-state index is 0.584. The van der Waals surface area contributed by atoms with Crippen LogP contribution < -0.4 is 0 Å². The van der Waals surface area contributed by atoms with Gasteiger partial charge in [0.05, 0.1) is 0 Å². The van der Waals surface area contributed by atoms with Crippen LogP contribution in [-0.4, -0.2) is 17.8 Å². The molecule has 0 aromatic carbocycles. The molecule has 0 saturated heterocycles. The van der Waals surface area contributed by atoms with Crippen molar-refractivity contribution in [3.05, 3.63) is 71.7 Å². The standard InChI is InChI=1S/C15H18S/c1-16(2,15-12-8-9-13-15)14-10-6-4-3-5-7-11-14/h3-13,15H,1-2H3/b4-3-,5-3?,6-4?,7-5-,10-6-,11-7?,14-10?,14-11+. The molecule has 1 heteroatoms. The van der Waals surface area contributed by atoms with E-state index in [0.717, 1.165) is 0 Å². The van der Waals surface area contributed by atoms with Gasteiger partial charge in [-0.15, -0.1) is 0 Å². The topological polar surface area (TPSA) is 0 Å². The van der Waals surface area contributed by atoms with Crippen LogP contribution >= 0.6 is 10.0 Å².